The van der Waals surface area contributed by atoms with Gasteiger partial charge in [-0.05, 0) is 23.6 Å². The molecule has 1 nitrogen and oxygen atoms in total. The summed E-state index contributed by atoms with van der Waals surface area (Å²) in [5, 5.41) is 0.678. The van der Waals surface area contributed by atoms with Crippen LogP contribution in [0.3, 0.4) is 0 Å². The number of hydrogen-bond acceptors (Lipinski definition) is 1. The Balaban J connectivity index is 3.08. The first-order valence-corrected chi connectivity index (χ1v) is 4.54. The zero-order valence-corrected chi connectivity index (χ0v) is 8.43. The van der Waals surface area contributed by atoms with Crippen LogP contribution in [0.4, 0.5) is 0 Å². The summed E-state index contributed by atoms with van der Waals surface area (Å²) in [5.74, 6) is 2.15. The van der Waals surface area contributed by atoms with Crippen molar-refractivity contribution in [3.05, 3.63) is 34.9 Å². The summed E-state index contributed by atoms with van der Waals surface area (Å²) in [7, 11) is 0. The van der Waals surface area contributed by atoms with Crippen molar-refractivity contribution in [3.63, 3.8) is 0 Å². The summed E-state index contributed by atoms with van der Waals surface area (Å²) in [6.45, 7) is 3.93. The van der Waals surface area contributed by atoms with Crippen LogP contribution in [0, 0.1) is 5.92 Å². The maximum absolute atomic E-state index is 10.6. The van der Waals surface area contributed by atoms with Gasteiger partial charge in [-0.3, -0.25) is 0 Å². The highest BCUT2D eigenvalue weighted by Gasteiger charge is 2.06. The van der Waals surface area contributed by atoms with Crippen molar-refractivity contribution < 1.29 is 4.79 Å². The standard InChI is InChI=1S/C11H11ClO/c1-8(2)11(7-13)9-3-5-10(12)6-4-9/h3-6,8H,1-2H3. The highest BCUT2D eigenvalue weighted by molar-refractivity contribution is 6.30. The molecular weight excluding hydrogens is 184 g/mol. The molecule has 1 rings (SSSR count). The van der Waals surface area contributed by atoms with E-state index in [0.717, 1.165) is 5.56 Å². The number of benzene rings is 1. The second-order valence-corrected chi connectivity index (χ2v) is 3.61. The van der Waals surface area contributed by atoms with Crippen LogP contribution in [0.2, 0.25) is 5.02 Å². The summed E-state index contributed by atoms with van der Waals surface area (Å²) in [6.07, 6.45) is 0. The molecule has 1 aromatic rings. The predicted molar refractivity (Wildman–Crippen MR) is 55.4 cm³/mol. The molecule has 68 valence electrons. The summed E-state index contributed by atoms with van der Waals surface area (Å²) in [4.78, 5) is 10.6. The van der Waals surface area contributed by atoms with Crippen molar-refractivity contribution in [2.24, 2.45) is 5.92 Å². The topological polar surface area (TPSA) is 17.1 Å². The fraction of sp³-hybridized carbons (Fsp3) is 0.273. The van der Waals surface area contributed by atoms with E-state index < -0.39 is 0 Å². The Labute approximate surface area is 83.0 Å². The molecule has 0 aromatic heterocycles. The van der Waals surface area contributed by atoms with Crippen LogP contribution >= 0.6 is 11.6 Å². The van der Waals surface area contributed by atoms with Gasteiger partial charge in [0.15, 0.2) is 0 Å². The molecule has 13 heavy (non-hydrogen) atoms. The van der Waals surface area contributed by atoms with Crippen molar-refractivity contribution in [2.45, 2.75) is 13.8 Å². The van der Waals surface area contributed by atoms with E-state index in [1.807, 2.05) is 31.9 Å². The van der Waals surface area contributed by atoms with Crippen molar-refractivity contribution in [3.8, 4) is 0 Å². The Hall–Kier alpha value is -1.04. The lowest BCUT2D eigenvalue weighted by Gasteiger charge is -2.06. The smallest absolute Gasteiger partial charge is 0.128 e. The third-order valence-electron chi connectivity index (χ3n) is 1.84. The molecule has 0 fully saturated rings. The van der Waals surface area contributed by atoms with Gasteiger partial charge in [0.25, 0.3) is 0 Å². The van der Waals surface area contributed by atoms with Crippen molar-refractivity contribution in [1.82, 2.24) is 0 Å². The summed E-state index contributed by atoms with van der Waals surface area (Å²) in [5.41, 5.74) is 1.59. The third kappa shape index (κ3) is 2.45. The molecule has 0 spiro atoms. The second-order valence-electron chi connectivity index (χ2n) is 3.18. The van der Waals surface area contributed by atoms with Crippen molar-refractivity contribution in [2.75, 3.05) is 0 Å². The van der Waals surface area contributed by atoms with Crippen LogP contribution in [0.15, 0.2) is 24.3 Å². The fourth-order valence-corrected chi connectivity index (χ4v) is 1.27. The van der Waals surface area contributed by atoms with E-state index in [0.29, 0.717) is 10.6 Å². The summed E-state index contributed by atoms with van der Waals surface area (Å²) < 4.78 is 0. The van der Waals surface area contributed by atoms with Crippen molar-refractivity contribution >= 4 is 23.1 Å². The van der Waals surface area contributed by atoms with E-state index >= 15 is 0 Å². The van der Waals surface area contributed by atoms with Crippen LogP contribution in [-0.4, -0.2) is 5.94 Å². The molecule has 0 unspecified atom stereocenters. The zero-order chi connectivity index (χ0) is 9.84. The predicted octanol–water partition coefficient (Wildman–Crippen LogP) is 3.21. The van der Waals surface area contributed by atoms with E-state index in [1.54, 1.807) is 12.1 Å². The molecular formula is C11H11ClO. The van der Waals surface area contributed by atoms with Crippen LogP contribution < -0.4 is 0 Å². The fourth-order valence-electron chi connectivity index (χ4n) is 1.14. The number of halogens is 1. The molecule has 0 N–H and O–H groups in total. The average molecular weight is 195 g/mol. The van der Waals surface area contributed by atoms with E-state index in [-0.39, 0.29) is 5.92 Å². The number of allylic oxidation sites excluding steroid dienone is 1. The van der Waals surface area contributed by atoms with Gasteiger partial charge in [-0.1, -0.05) is 37.6 Å². The minimum atomic E-state index is 0.193. The van der Waals surface area contributed by atoms with Crippen molar-refractivity contribution in [1.29, 1.82) is 0 Å². The Bertz CT molecular complexity index is 332. The highest BCUT2D eigenvalue weighted by Crippen LogP contribution is 2.21. The SMILES string of the molecule is CC(C)C(=C=O)c1ccc(Cl)cc1. The van der Waals surface area contributed by atoms with Crippen LogP contribution in [-0.2, 0) is 4.79 Å². The molecule has 0 aliphatic rings. The lowest BCUT2D eigenvalue weighted by molar-refractivity contribution is 0.568. The van der Waals surface area contributed by atoms with E-state index in [1.165, 1.54) is 0 Å². The van der Waals surface area contributed by atoms with Gasteiger partial charge >= 0.3 is 0 Å². The first-order chi connectivity index (χ1) is 6.15. The quantitative estimate of drug-likeness (QED) is 0.661. The van der Waals surface area contributed by atoms with Gasteiger partial charge in [-0.2, -0.15) is 0 Å². The number of rotatable bonds is 2. The van der Waals surface area contributed by atoms with Gasteiger partial charge < -0.3 is 0 Å². The molecule has 0 heterocycles. The molecule has 0 atom stereocenters. The molecule has 0 radical (unpaired) electrons. The number of carbonyl (C=O) groups excluding carboxylic acids is 1. The van der Waals surface area contributed by atoms with E-state index in [4.69, 9.17) is 11.6 Å². The molecule has 0 saturated carbocycles. The summed E-state index contributed by atoms with van der Waals surface area (Å²) >= 11 is 5.73. The van der Waals surface area contributed by atoms with Crippen LogP contribution in [0.1, 0.15) is 19.4 Å². The first-order valence-electron chi connectivity index (χ1n) is 4.16. The van der Waals surface area contributed by atoms with Crippen LogP contribution in [0.25, 0.3) is 5.57 Å². The number of hydrogen-bond donors (Lipinski definition) is 0. The molecule has 0 bridgehead atoms. The normalized spacial score (nSPS) is 9.85. The lowest BCUT2D eigenvalue weighted by Crippen LogP contribution is -1.93. The molecule has 0 amide bonds. The van der Waals surface area contributed by atoms with Gasteiger partial charge in [-0.15, -0.1) is 0 Å². The third-order valence-corrected chi connectivity index (χ3v) is 2.09. The molecule has 0 aliphatic heterocycles. The Morgan fingerprint density at radius 2 is 1.85 bits per heavy atom. The maximum Gasteiger partial charge on any atom is 0.128 e. The maximum atomic E-state index is 10.6. The Morgan fingerprint density at radius 1 is 1.31 bits per heavy atom. The van der Waals surface area contributed by atoms with Crippen LogP contribution in [0.5, 0.6) is 0 Å². The first kappa shape index (κ1) is 10.0. The highest BCUT2D eigenvalue weighted by atomic mass is 35.5. The molecule has 2 heteroatoms. The monoisotopic (exact) mass is 194 g/mol. The van der Waals surface area contributed by atoms with E-state index in [2.05, 4.69) is 0 Å². The minimum absolute atomic E-state index is 0.193. The summed E-state index contributed by atoms with van der Waals surface area (Å²) in [6, 6.07) is 7.22. The lowest BCUT2D eigenvalue weighted by atomic mass is 9.97. The largest absolute Gasteiger partial charge is 0.233 e. The second kappa shape index (κ2) is 4.27. The average Bonchev–Trinajstić information content (AvgIpc) is 2.09. The molecule has 0 saturated heterocycles. The van der Waals surface area contributed by atoms with E-state index in [9.17, 15) is 4.79 Å². The van der Waals surface area contributed by atoms with Gasteiger partial charge in [0.1, 0.15) is 5.94 Å². The Kier molecular flexibility index (Phi) is 3.30. The zero-order valence-electron chi connectivity index (χ0n) is 7.67. The minimum Gasteiger partial charge on any atom is -0.233 e. The molecule has 1 aromatic carbocycles. The van der Waals surface area contributed by atoms with Gasteiger partial charge in [0, 0.05) is 10.6 Å². The van der Waals surface area contributed by atoms with Gasteiger partial charge in [0.2, 0.25) is 0 Å². The molecule has 0 aliphatic carbocycles. The van der Waals surface area contributed by atoms with Gasteiger partial charge in [0.05, 0.1) is 0 Å². The Morgan fingerprint density at radius 3 is 2.23 bits per heavy atom. The van der Waals surface area contributed by atoms with Gasteiger partial charge in [-0.25, -0.2) is 4.79 Å².